The lowest BCUT2D eigenvalue weighted by molar-refractivity contribution is -0.139. The molecule has 12 nitrogen and oxygen atoms in total. The topological polar surface area (TPSA) is 153 Å². The summed E-state index contributed by atoms with van der Waals surface area (Å²) in [5, 5.41) is 10.6. The van der Waals surface area contributed by atoms with Crippen LogP contribution in [0.2, 0.25) is 0 Å². The Morgan fingerprint density at radius 1 is 0.528 bits per heavy atom. The van der Waals surface area contributed by atoms with E-state index in [1.165, 1.54) is 0 Å². The first kappa shape index (κ1) is 32.9. The molecule has 0 aliphatic rings. The normalized spacial score (nSPS) is 10.2. The van der Waals surface area contributed by atoms with Gasteiger partial charge in [0.15, 0.2) is 0 Å². The lowest BCUT2D eigenvalue weighted by atomic mass is 10.3. The van der Waals surface area contributed by atoms with Gasteiger partial charge in [0, 0.05) is 50.7 Å². The number of esters is 2. The monoisotopic (exact) mass is 514 g/mol. The van der Waals surface area contributed by atoms with Crippen molar-refractivity contribution in [2.24, 2.45) is 0 Å². The molecule has 0 atom stereocenters. The van der Waals surface area contributed by atoms with E-state index in [4.69, 9.17) is 18.9 Å². The highest BCUT2D eigenvalue weighted by Gasteiger charge is 2.05. The summed E-state index contributed by atoms with van der Waals surface area (Å²) in [6.07, 6.45) is 3.12. The van der Waals surface area contributed by atoms with Crippen LogP contribution in [0.5, 0.6) is 0 Å². The lowest BCUT2D eigenvalue weighted by Gasteiger charge is -2.09. The second-order valence-electron chi connectivity index (χ2n) is 7.84. The van der Waals surface area contributed by atoms with E-state index in [-0.39, 0.29) is 38.4 Å². The number of carbonyl (C=O) groups excluding carboxylic acids is 4. The molecule has 0 spiro atoms. The number of urea groups is 2. The summed E-state index contributed by atoms with van der Waals surface area (Å²) in [7, 11) is 0. The zero-order chi connectivity index (χ0) is 27.0. The Bertz CT molecular complexity index is 642. The average molecular weight is 515 g/mol. The Balaban J connectivity index is 3.32. The van der Waals surface area contributed by atoms with Crippen molar-refractivity contribution in [1.82, 2.24) is 21.3 Å². The van der Waals surface area contributed by atoms with Gasteiger partial charge in [-0.1, -0.05) is 13.2 Å². The van der Waals surface area contributed by atoms with Crippen molar-refractivity contribution in [2.75, 3.05) is 65.8 Å². The van der Waals surface area contributed by atoms with Crippen molar-refractivity contribution < 1.29 is 38.1 Å². The molecule has 206 valence electrons. The van der Waals surface area contributed by atoms with E-state index >= 15 is 0 Å². The number of amides is 4. The third-order valence-corrected chi connectivity index (χ3v) is 4.27. The van der Waals surface area contributed by atoms with Gasteiger partial charge in [-0.3, -0.25) is 0 Å². The maximum Gasteiger partial charge on any atom is 0.333 e. The zero-order valence-corrected chi connectivity index (χ0v) is 21.6. The van der Waals surface area contributed by atoms with Gasteiger partial charge in [0.1, 0.15) is 13.2 Å². The van der Waals surface area contributed by atoms with Crippen LogP contribution < -0.4 is 21.3 Å². The summed E-state index contributed by atoms with van der Waals surface area (Å²) in [6.45, 7) is 14.0. The number of unbranched alkanes of at least 4 members (excludes halogenated alkanes) is 1. The highest BCUT2D eigenvalue weighted by molar-refractivity contribution is 5.87. The fourth-order valence-electron chi connectivity index (χ4n) is 2.35. The van der Waals surface area contributed by atoms with E-state index < -0.39 is 11.9 Å². The number of nitrogens with one attached hydrogen (secondary N) is 4. The van der Waals surface area contributed by atoms with Gasteiger partial charge in [-0.15, -0.1) is 0 Å². The Morgan fingerprint density at radius 3 is 1.22 bits per heavy atom. The summed E-state index contributed by atoms with van der Waals surface area (Å²) < 4.78 is 20.8. The predicted molar refractivity (Wildman–Crippen MR) is 134 cm³/mol. The largest absolute Gasteiger partial charge is 0.460 e. The van der Waals surface area contributed by atoms with Crippen LogP contribution >= 0.6 is 0 Å². The quantitative estimate of drug-likeness (QED) is 0.102. The fraction of sp³-hybridized carbons (Fsp3) is 0.667. The van der Waals surface area contributed by atoms with Crippen molar-refractivity contribution in [3.8, 4) is 0 Å². The molecular weight excluding hydrogens is 472 g/mol. The van der Waals surface area contributed by atoms with Crippen LogP contribution in [0.25, 0.3) is 0 Å². The summed E-state index contributed by atoms with van der Waals surface area (Å²) in [4.78, 5) is 45.5. The third-order valence-electron chi connectivity index (χ3n) is 4.27. The number of hydrogen-bond donors (Lipinski definition) is 4. The third kappa shape index (κ3) is 21.4. The minimum Gasteiger partial charge on any atom is -0.460 e. The lowest BCUT2D eigenvalue weighted by Crippen LogP contribution is -2.38. The van der Waals surface area contributed by atoms with E-state index in [1.807, 2.05) is 0 Å². The highest BCUT2D eigenvalue weighted by atomic mass is 16.5. The predicted octanol–water partition coefficient (Wildman–Crippen LogP) is 1.42. The SMILES string of the molecule is C=C(C)C(=O)OCCNC(=O)NCCCOCCCCOCCCNC(=O)NCCOC(=O)C(=C)C. The Morgan fingerprint density at radius 2 is 0.861 bits per heavy atom. The standard InChI is InChI=1S/C24H42N4O8/c1-19(2)21(29)35-17-11-27-23(31)25-9-7-15-33-13-5-6-14-34-16-8-10-26-24(32)28-12-18-36-22(30)20(3)4/h1,3,5-18H2,2,4H3,(H2,25,27,31)(H2,26,28,32). The van der Waals surface area contributed by atoms with Crippen LogP contribution in [-0.2, 0) is 28.5 Å². The van der Waals surface area contributed by atoms with Crippen molar-refractivity contribution >= 4 is 24.0 Å². The molecular formula is C24H42N4O8. The van der Waals surface area contributed by atoms with Crippen LogP contribution in [0.4, 0.5) is 9.59 Å². The van der Waals surface area contributed by atoms with Gasteiger partial charge in [0.2, 0.25) is 0 Å². The van der Waals surface area contributed by atoms with E-state index in [0.717, 1.165) is 12.8 Å². The van der Waals surface area contributed by atoms with Crippen LogP contribution in [0.3, 0.4) is 0 Å². The molecule has 0 saturated heterocycles. The van der Waals surface area contributed by atoms with Gasteiger partial charge < -0.3 is 40.2 Å². The molecule has 0 fully saturated rings. The molecule has 0 heterocycles. The minimum atomic E-state index is -0.478. The maximum atomic E-state index is 11.6. The Hall–Kier alpha value is -3.12. The summed E-state index contributed by atoms with van der Waals surface area (Å²) in [5.74, 6) is -0.955. The molecule has 0 bridgehead atoms. The first-order valence-electron chi connectivity index (χ1n) is 12.1. The van der Waals surface area contributed by atoms with Crippen LogP contribution in [0.1, 0.15) is 39.5 Å². The van der Waals surface area contributed by atoms with Crippen LogP contribution in [-0.4, -0.2) is 89.8 Å². The molecule has 12 heteroatoms. The fourth-order valence-corrected chi connectivity index (χ4v) is 2.35. The molecule has 0 aliphatic carbocycles. The molecule has 0 rings (SSSR count). The number of carbonyl (C=O) groups is 4. The van der Waals surface area contributed by atoms with Crippen molar-refractivity contribution in [3.05, 3.63) is 24.3 Å². The molecule has 4 N–H and O–H groups in total. The molecule has 36 heavy (non-hydrogen) atoms. The second kappa shape index (κ2) is 22.4. The molecule has 0 aromatic carbocycles. The minimum absolute atomic E-state index is 0.0950. The van der Waals surface area contributed by atoms with E-state index in [2.05, 4.69) is 34.4 Å². The van der Waals surface area contributed by atoms with Gasteiger partial charge in [0.25, 0.3) is 0 Å². The van der Waals surface area contributed by atoms with Gasteiger partial charge in [-0.05, 0) is 39.5 Å². The highest BCUT2D eigenvalue weighted by Crippen LogP contribution is 1.94. The maximum absolute atomic E-state index is 11.6. The van der Waals surface area contributed by atoms with Crippen molar-refractivity contribution in [2.45, 2.75) is 39.5 Å². The van der Waals surface area contributed by atoms with Gasteiger partial charge in [0.05, 0.1) is 13.1 Å². The molecule has 0 radical (unpaired) electrons. The first-order chi connectivity index (χ1) is 17.2. The molecule has 0 aromatic heterocycles. The summed E-state index contributed by atoms with van der Waals surface area (Å²) in [6, 6.07) is -0.646. The summed E-state index contributed by atoms with van der Waals surface area (Å²) >= 11 is 0. The van der Waals surface area contributed by atoms with E-state index in [9.17, 15) is 19.2 Å². The molecule has 0 saturated carbocycles. The molecule has 0 aromatic rings. The van der Waals surface area contributed by atoms with Crippen LogP contribution in [0.15, 0.2) is 24.3 Å². The number of hydrogen-bond acceptors (Lipinski definition) is 8. The van der Waals surface area contributed by atoms with Crippen molar-refractivity contribution in [3.63, 3.8) is 0 Å². The number of rotatable bonds is 21. The summed E-state index contributed by atoms with van der Waals surface area (Å²) in [5.41, 5.74) is 0.635. The first-order valence-corrected chi connectivity index (χ1v) is 12.1. The molecule has 0 aliphatic heterocycles. The zero-order valence-electron chi connectivity index (χ0n) is 21.6. The molecule has 4 amide bonds. The van der Waals surface area contributed by atoms with Crippen molar-refractivity contribution in [1.29, 1.82) is 0 Å². The average Bonchev–Trinajstić information content (AvgIpc) is 2.84. The van der Waals surface area contributed by atoms with E-state index in [1.54, 1.807) is 13.8 Å². The smallest absolute Gasteiger partial charge is 0.333 e. The second-order valence-corrected chi connectivity index (χ2v) is 7.84. The van der Waals surface area contributed by atoms with Gasteiger partial charge >= 0.3 is 24.0 Å². The number of ether oxygens (including phenoxy) is 4. The van der Waals surface area contributed by atoms with Crippen LogP contribution in [0, 0.1) is 0 Å². The molecule has 0 unspecified atom stereocenters. The van der Waals surface area contributed by atoms with E-state index in [0.29, 0.717) is 63.5 Å². The van der Waals surface area contributed by atoms with Gasteiger partial charge in [-0.25, -0.2) is 19.2 Å². The Labute approximate surface area is 213 Å². The Kier molecular flexibility index (Phi) is 20.4. The van der Waals surface area contributed by atoms with Gasteiger partial charge in [-0.2, -0.15) is 0 Å².